The first kappa shape index (κ1) is 14.2. The van der Waals surface area contributed by atoms with E-state index in [2.05, 4.69) is 5.32 Å². The summed E-state index contributed by atoms with van der Waals surface area (Å²) in [5.41, 5.74) is 0. The lowest BCUT2D eigenvalue weighted by atomic mass is 9.86. The minimum atomic E-state index is -2.92. The fraction of sp³-hybridized carbons (Fsp3) is 1.00. The molecule has 1 saturated heterocycles. The van der Waals surface area contributed by atoms with Crippen LogP contribution in [0.2, 0.25) is 0 Å². The van der Waals surface area contributed by atoms with E-state index in [1.54, 1.807) is 0 Å². The van der Waals surface area contributed by atoms with Gasteiger partial charge >= 0.3 is 0 Å². The zero-order valence-electron chi connectivity index (χ0n) is 10.5. The van der Waals surface area contributed by atoms with Crippen molar-refractivity contribution in [3.05, 3.63) is 0 Å². The predicted octanol–water partition coefficient (Wildman–Crippen LogP) is 1.98. The zero-order valence-corrected chi connectivity index (χ0v) is 11.3. The Labute approximate surface area is 107 Å². The molecule has 0 aromatic carbocycles. The number of alkyl halides is 2. The zero-order chi connectivity index (χ0) is 13.2. The maximum absolute atomic E-state index is 13.2. The SMILES string of the molecule is O=S1(=O)CCCC1CNCC1CCCC(F)(F)C1. The molecule has 6 heteroatoms. The number of nitrogens with one attached hydrogen (secondary N) is 1. The van der Waals surface area contributed by atoms with E-state index in [1.807, 2.05) is 0 Å². The smallest absolute Gasteiger partial charge is 0.248 e. The Bertz CT molecular complexity index is 384. The summed E-state index contributed by atoms with van der Waals surface area (Å²) < 4.78 is 49.5. The molecule has 1 heterocycles. The Morgan fingerprint density at radius 3 is 2.56 bits per heavy atom. The molecule has 0 aromatic rings. The Balaban J connectivity index is 1.72. The molecule has 1 saturated carbocycles. The molecule has 2 fully saturated rings. The third-order valence-electron chi connectivity index (χ3n) is 4.01. The Morgan fingerprint density at radius 2 is 1.94 bits per heavy atom. The van der Waals surface area contributed by atoms with Gasteiger partial charge in [0.25, 0.3) is 0 Å². The third-order valence-corrected chi connectivity index (χ3v) is 6.29. The van der Waals surface area contributed by atoms with Crippen LogP contribution in [0.4, 0.5) is 8.78 Å². The van der Waals surface area contributed by atoms with Crippen LogP contribution >= 0.6 is 0 Å². The van der Waals surface area contributed by atoms with Crippen molar-refractivity contribution in [1.29, 1.82) is 0 Å². The highest BCUT2D eigenvalue weighted by atomic mass is 32.2. The van der Waals surface area contributed by atoms with E-state index < -0.39 is 15.8 Å². The largest absolute Gasteiger partial charge is 0.315 e. The molecule has 2 unspecified atom stereocenters. The van der Waals surface area contributed by atoms with Crippen LogP contribution in [0.5, 0.6) is 0 Å². The second-order valence-electron chi connectivity index (χ2n) is 5.61. The molecule has 0 bridgehead atoms. The van der Waals surface area contributed by atoms with Gasteiger partial charge in [0, 0.05) is 19.4 Å². The van der Waals surface area contributed by atoms with Crippen LogP contribution in [0.15, 0.2) is 0 Å². The van der Waals surface area contributed by atoms with Crippen LogP contribution in [0.1, 0.15) is 38.5 Å². The molecule has 0 spiro atoms. The van der Waals surface area contributed by atoms with Crippen molar-refractivity contribution in [1.82, 2.24) is 5.32 Å². The van der Waals surface area contributed by atoms with Gasteiger partial charge in [-0.15, -0.1) is 0 Å². The monoisotopic (exact) mass is 281 g/mol. The number of hydrogen-bond donors (Lipinski definition) is 1. The van der Waals surface area contributed by atoms with Gasteiger partial charge in [0.2, 0.25) is 5.92 Å². The van der Waals surface area contributed by atoms with E-state index in [4.69, 9.17) is 0 Å². The van der Waals surface area contributed by atoms with Crippen LogP contribution in [0, 0.1) is 5.92 Å². The molecule has 106 valence electrons. The van der Waals surface area contributed by atoms with Gasteiger partial charge in [-0.25, -0.2) is 17.2 Å². The Kier molecular flexibility index (Phi) is 4.26. The van der Waals surface area contributed by atoms with Crippen LogP contribution in [0.25, 0.3) is 0 Å². The first-order chi connectivity index (χ1) is 8.39. The van der Waals surface area contributed by atoms with Crippen LogP contribution in [-0.4, -0.2) is 38.4 Å². The molecule has 18 heavy (non-hydrogen) atoms. The molecule has 2 rings (SSSR count). The van der Waals surface area contributed by atoms with Gasteiger partial charge in [0.15, 0.2) is 9.84 Å². The highest BCUT2D eigenvalue weighted by Gasteiger charge is 2.36. The van der Waals surface area contributed by atoms with Gasteiger partial charge in [-0.1, -0.05) is 0 Å². The molecule has 2 atom stereocenters. The van der Waals surface area contributed by atoms with Crippen molar-refractivity contribution in [3.8, 4) is 0 Å². The summed E-state index contributed by atoms with van der Waals surface area (Å²) in [7, 11) is -2.92. The predicted molar refractivity (Wildman–Crippen MR) is 66.6 cm³/mol. The lowest BCUT2D eigenvalue weighted by molar-refractivity contribution is -0.0519. The van der Waals surface area contributed by atoms with E-state index in [1.165, 1.54) is 0 Å². The lowest BCUT2D eigenvalue weighted by Crippen LogP contribution is -2.37. The van der Waals surface area contributed by atoms with Crippen LogP contribution in [-0.2, 0) is 9.84 Å². The van der Waals surface area contributed by atoms with Gasteiger partial charge in [0.1, 0.15) is 0 Å². The molecule has 1 N–H and O–H groups in total. The molecule has 3 nitrogen and oxygen atoms in total. The van der Waals surface area contributed by atoms with Gasteiger partial charge in [-0.2, -0.15) is 0 Å². The maximum Gasteiger partial charge on any atom is 0.248 e. The Hall–Kier alpha value is -0.230. The van der Waals surface area contributed by atoms with E-state index in [0.29, 0.717) is 25.9 Å². The van der Waals surface area contributed by atoms with Crippen molar-refractivity contribution in [2.24, 2.45) is 5.92 Å². The van der Waals surface area contributed by atoms with Gasteiger partial charge in [-0.05, 0) is 38.1 Å². The second-order valence-corrected chi connectivity index (χ2v) is 8.01. The summed E-state index contributed by atoms with van der Waals surface area (Å²) in [5, 5.41) is 2.77. The molecule has 0 amide bonds. The molecule has 0 radical (unpaired) electrons. The van der Waals surface area contributed by atoms with Crippen LogP contribution < -0.4 is 5.32 Å². The highest BCUT2D eigenvalue weighted by Crippen LogP contribution is 2.36. The average molecular weight is 281 g/mol. The molecule has 0 aromatic heterocycles. The third kappa shape index (κ3) is 3.63. The second kappa shape index (κ2) is 5.41. The van der Waals surface area contributed by atoms with Gasteiger partial charge in [-0.3, -0.25) is 0 Å². The fourth-order valence-electron chi connectivity index (χ4n) is 2.99. The summed E-state index contributed by atoms with van der Waals surface area (Å²) in [6, 6.07) is 0. The average Bonchev–Trinajstić information content (AvgIpc) is 2.57. The summed E-state index contributed by atoms with van der Waals surface area (Å²) in [4.78, 5) is 0. The van der Waals surface area contributed by atoms with Crippen molar-refractivity contribution < 1.29 is 17.2 Å². The summed E-state index contributed by atoms with van der Waals surface area (Å²) in [6.45, 7) is 0.937. The molecule has 2 aliphatic rings. The standard InChI is InChI=1S/C12H21F2NO2S/c13-12(14)5-1-3-10(7-12)8-15-9-11-4-2-6-18(11,16)17/h10-11,15H,1-9H2. The number of rotatable bonds is 4. The first-order valence-corrected chi connectivity index (χ1v) is 8.41. The molecular weight excluding hydrogens is 260 g/mol. The number of sulfone groups is 1. The van der Waals surface area contributed by atoms with Gasteiger partial charge < -0.3 is 5.32 Å². The first-order valence-electron chi connectivity index (χ1n) is 6.69. The summed E-state index contributed by atoms with van der Waals surface area (Å²) in [5.74, 6) is -2.26. The number of halogens is 2. The number of hydrogen-bond acceptors (Lipinski definition) is 3. The van der Waals surface area contributed by atoms with E-state index >= 15 is 0 Å². The minimum Gasteiger partial charge on any atom is -0.315 e. The highest BCUT2D eigenvalue weighted by molar-refractivity contribution is 7.92. The quantitative estimate of drug-likeness (QED) is 0.857. The van der Waals surface area contributed by atoms with Crippen molar-refractivity contribution in [2.45, 2.75) is 49.7 Å². The van der Waals surface area contributed by atoms with E-state index in [-0.39, 0.29) is 29.8 Å². The molecular formula is C12H21F2NO2S. The minimum absolute atomic E-state index is 0.000500. The van der Waals surface area contributed by atoms with E-state index in [0.717, 1.165) is 12.8 Å². The topological polar surface area (TPSA) is 46.2 Å². The molecule has 1 aliphatic heterocycles. The van der Waals surface area contributed by atoms with Crippen molar-refractivity contribution in [3.63, 3.8) is 0 Å². The van der Waals surface area contributed by atoms with Crippen molar-refractivity contribution in [2.75, 3.05) is 18.8 Å². The Morgan fingerprint density at radius 1 is 1.17 bits per heavy atom. The maximum atomic E-state index is 13.2. The summed E-state index contributed by atoms with van der Waals surface area (Å²) in [6.07, 6.45) is 2.77. The summed E-state index contributed by atoms with van der Waals surface area (Å²) >= 11 is 0. The van der Waals surface area contributed by atoms with Crippen LogP contribution in [0.3, 0.4) is 0 Å². The lowest BCUT2D eigenvalue weighted by Gasteiger charge is -2.29. The van der Waals surface area contributed by atoms with Crippen molar-refractivity contribution >= 4 is 9.84 Å². The van der Waals surface area contributed by atoms with Gasteiger partial charge in [0.05, 0.1) is 11.0 Å². The fourth-order valence-corrected chi connectivity index (χ4v) is 4.79. The molecule has 1 aliphatic carbocycles. The normalized spacial score (nSPS) is 34.6. The van der Waals surface area contributed by atoms with E-state index in [9.17, 15) is 17.2 Å².